The Morgan fingerprint density at radius 2 is 2.00 bits per heavy atom. The second kappa shape index (κ2) is 6.85. The van der Waals surface area contributed by atoms with Crippen molar-refractivity contribution in [1.29, 1.82) is 0 Å². The number of nitrogen functional groups attached to an aromatic ring is 1. The fraction of sp³-hybridized carbons (Fsp3) is 0.346. The Kier molecular flexibility index (Phi) is 4.24. The lowest BCUT2D eigenvalue weighted by Gasteiger charge is -2.34. The van der Waals surface area contributed by atoms with Crippen LogP contribution in [0, 0.1) is 12.8 Å². The van der Waals surface area contributed by atoms with Crippen molar-refractivity contribution in [3.05, 3.63) is 80.5 Å². The van der Waals surface area contributed by atoms with Gasteiger partial charge in [-0.2, -0.15) is 0 Å². The number of ketones is 1. The number of benzene rings is 2. The third-order valence-corrected chi connectivity index (χ3v) is 7.99. The number of carbonyl (C=O) groups excluding carboxylic acids is 2. The first-order chi connectivity index (χ1) is 16.6. The third kappa shape index (κ3) is 2.64. The first-order valence-corrected chi connectivity index (χ1v) is 11.7. The second-order valence-electron chi connectivity index (χ2n) is 9.88. The highest BCUT2D eigenvalue weighted by Gasteiger charge is 2.72. The molecule has 1 fully saturated rings. The standard InChI is InChI=1S/C26H26N4O5/c1-12(14-7-8-14)15-9-10-16-19(11-15)35-26(34)17-5-4-6-18(27)20(17)22(31)25(16,26)29-23(32)21-13(2)30(3)24(33)28-21/h4-6,9-12,14,34H,7-8,27H2,1-3H3,(H,28,33)(H,29,32)/t12-,25+,26+/m1/s1. The fourth-order valence-electron chi connectivity index (χ4n) is 5.59. The normalized spacial score (nSPS) is 25.0. The zero-order valence-electron chi connectivity index (χ0n) is 19.6. The summed E-state index contributed by atoms with van der Waals surface area (Å²) in [5, 5.41) is 14.8. The largest absolute Gasteiger partial charge is 0.454 e. The number of anilines is 1. The number of nitrogens with two attached hydrogens (primary N) is 1. The first-order valence-electron chi connectivity index (χ1n) is 11.7. The molecule has 0 bridgehead atoms. The number of hydrogen-bond donors (Lipinski definition) is 4. The van der Waals surface area contributed by atoms with Crippen LogP contribution in [0.25, 0.3) is 0 Å². The molecule has 0 saturated heterocycles. The third-order valence-electron chi connectivity index (χ3n) is 7.99. The van der Waals surface area contributed by atoms with Crippen LogP contribution in [0.1, 0.15) is 68.9 Å². The SMILES string of the molecule is Cc1c(C(=O)N[C@@]23C(=O)c4c(N)cccc4[C@]2(O)Oc2cc([C@H](C)C4CC4)ccc23)[nH]c(=O)n1C. The van der Waals surface area contributed by atoms with Gasteiger partial charge < -0.3 is 25.9 Å². The van der Waals surface area contributed by atoms with Gasteiger partial charge in [-0.25, -0.2) is 4.79 Å². The second-order valence-corrected chi connectivity index (χ2v) is 9.88. The number of rotatable bonds is 4. The lowest BCUT2D eigenvalue weighted by molar-refractivity contribution is -0.169. The topological polar surface area (TPSA) is 139 Å². The Labute approximate surface area is 200 Å². The smallest absolute Gasteiger partial charge is 0.326 e. The Morgan fingerprint density at radius 3 is 2.66 bits per heavy atom. The van der Waals surface area contributed by atoms with E-state index in [1.165, 1.54) is 24.5 Å². The maximum Gasteiger partial charge on any atom is 0.326 e. The van der Waals surface area contributed by atoms with Crippen molar-refractivity contribution in [2.24, 2.45) is 13.0 Å². The number of Topliss-reactive ketones (excluding diaryl/α,β-unsaturated/α-hetero) is 1. The maximum atomic E-state index is 14.0. The summed E-state index contributed by atoms with van der Waals surface area (Å²) in [5.74, 6) is -2.26. The molecule has 1 amide bonds. The van der Waals surface area contributed by atoms with Gasteiger partial charge in [0.1, 0.15) is 11.4 Å². The molecule has 3 atom stereocenters. The van der Waals surface area contributed by atoms with Crippen molar-refractivity contribution in [2.75, 3.05) is 5.73 Å². The van der Waals surface area contributed by atoms with E-state index in [4.69, 9.17) is 10.5 Å². The van der Waals surface area contributed by atoms with E-state index in [0.717, 1.165) is 5.56 Å². The first kappa shape index (κ1) is 21.7. The molecular formula is C26H26N4O5. The van der Waals surface area contributed by atoms with Crippen molar-refractivity contribution in [3.8, 4) is 5.75 Å². The molecule has 5 N–H and O–H groups in total. The quantitative estimate of drug-likeness (QED) is 0.428. The summed E-state index contributed by atoms with van der Waals surface area (Å²) in [6.07, 6.45) is 2.34. The van der Waals surface area contributed by atoms with Crippen LogP contribution >= 0.6 is 0 Å². The van der Waals surface area contributed by atoms with Gasteiger partial charge in [0.15, 0.2) is 0 Å². The summed E-state index contributed by atoms with van der Waals surface area (Å²) in [6, 6.07) is 10.3. The Hall–Kier alpha value is -3.85. The molecule has 0 radical (unpaired) electrons. The van der Waals surface area contributed by atoms with Gasteiger partial charge in [0.2, 0.25) is 11.3 Å². The molecule has 0 spiro atoms. The number of aromatic amines is 1. The number of hydrogen-bond acceptors (Lipinski definition) is 6. The molecule has 2 aliphatic carbocycles. The molecule has 180 valence electrons. The number of ether oxygens (including phenoxy) is 1. The van der Waals surface area contributed by atoms with E-state index in [1.807, 2.05) is 12.1 Å². The highest BCUT2D eigenvalue weighted by atomic mass is 16.6. The number of amides is 1. The van der Waals surface area contributed by atoms with Gasteiger partial charge in [-0.05, 0) is 49.3 Å². The molecule has 1 aromatic heterocycles. The summed E-state index contributed by atoms with van der Waals surface area (Å²) < 4.78 is 7.45. The molecule has 2 heterocycles. The molecule has 1 saturated carbocycles. The number of nitrogens with one attached hydrogen (secondary N) is 2. The molecule has 9 heteroatoms. The average molecular weight is 475 g/mol. The molecule has 3 aliphatic rings. The number of nitrogens with zero attached hydrogens (tertiary/aromatic N) is 1. The van der Waals surface area contributed by atoms with E-state index < -0.39 is 28.7 Å². The maximum absolute atomic E-state index is 14.0. The molecule has 9 nitrogen and oxygen atoms in total. The summed E-state index contributed by atoms with van der Waals surface area (Å²) >= 11 is 0. The lowest BCUT2D eigenvalue weighted by Crippen LogP contribution is -2.60. The van der Waals surface area contributed by atoms with Gasteiger partial charge in [0, 0.05) is 29.6 Å². The van der Waals surface area contributed by atoms with Gasteiger partial charge >= 0.3 is 5.69 Å². The number of imidazole rings is 1. The van der Waals surface area contributed by atoms with E-state index in [1.54, 1.807) is 31.2 Å². The van der Waals surface area contributed by atoms with Crippen molar-refractivity contribution >= 4 is 17.4 Å². The monoisotopic (exact) mass is 474 g/mol. The molecule has 3 aromatic rings. The number of carbonyl (C=O) groups is 2. The van der Waals surface area contributed by atoms with Gasteiger partial charge in [0.25, 0.3) is 11.7 Å². The molecule has 2 aromatic carbocycles. The van der Waals surface area contributed by atoms with E-state index in [9.17, 15) is 19.5 Å². The van der Waals surface area contributed by atoms with Gasteiger partial charge in [-0.15, -0.1) is 0 Å². The Balaban J connectivity index is 1.54. The van der Waals surface area contributed by atoms with E-state index in [-0.39, 0.29) is 22.5 Å². The molecular weight excluding hydrogens is 448 g/mol. The summed E-state index contributed by atoms with van der Waals surface area (Å²) in [7, 11) is 1.54. The van der Waals surface area contributed by atoms with Crippen LogP contribution in [0.2, 0.25) is 0 Å². The minimum Gasteiger partial charge on any atom is -0.454 e. The van der Waals surface area contributed by atoms with E-state index in [2.05, 4.69) is 17.2 Å². The predicted molar refractivity (Wildman–Crippen MR) is 127 cm³/mol. The minimum absolute atomic E-state index is 0.00150. The molecule has 0 unspecified atom stereocenters. The van der Waals surface area contributed by atoms with Crippen LogP contribution < -0.4 is 21.5 Å². The van der Waals surface area contributed by atoms with E-state index >= 15 is 0 Å². The van der Waals surface area contributed by atoms with Gasteiger partial charge in [-0.1, -0.05) is 31.2 Å². The fourth-order valence-corrected chi connectivity index (χ4v) is 5.59. The number of aliphatic hydroxyl groups is 1. The van der Waals surface area contributed by atoms with Crippen LogP contribution in [0.4, 0.5) is 5.69 Å². The van der Waals surface area contributed by atoms with Crippen LogP contribution in [-0.2, 0) is 18.4 Å². The Morgan fingerprint density at radius 1 is 1.26 bits per heavy atom. The predicted octanol–water partition coefficient (Wildman–Crippen LogP) is 2.18. The zero-order valence-corrected chi connectivity index (χ0v) is 19.6. The van der Waals surface area contributed by atoms with Crippen LogP contribution in [0.3, 0.4) is 0 Å². The highest BCUT2D eigenvalue weighted by Crippen LogP contribution is 2.59. The van der Waals surface area contributed by atoms with Crippen LogP contribution in [0.15, 0.2) is 41.2 Å². The summed E-state index contributed by atoms with van der Waals surface area (Å²) in [4.78, 5) is 42.2. The van der Waals surface area contributed by atoms with Crippen molar-refractivity contribution < 1.29 is 19.4 Å². The minimum atomic E-state index is -2.21. The van der Waals surface area contributed by atoms with E-state index in [0.29, 0.717) is 28.8 Å². The van der Waals surface area contributed by atoms with Gasteiger partial charge in [-0.3, -0.25) is 14.2 Å². The van der Waals surface area contributed by atoms with Crippen LogP contribution in [0.5, 0.6) is 5.75 Å². The zero-order chi connectivity index (χ0) is 24.9. The van der Waals surface area contributed by atoms with Crippen molar-refractivity contribution in [1.82, 2.24) is 14.9 Å². The number of H-pyrrole nitrogens is 1. The van der Waals surface area contributed by atoms with Crippen LogP contribution in [-0.4, -0.2) is 26.3 Å². The van der Waals surface area contributed by atoms with Crippen molar-refractivity contribution in [2.45, 2.75) is 43.9 Å². The summed E-state index contributed by atoms with van der Waals surface area (Å²) in [6.45, 7) is 3.77. The molecule has 6 rings (SSSR count). The summed E-state index contributed by atoms with van der Waals surface area (Å²) in [5.41, 5.74) is 5.95. The molecule has 1 aliphatic heterocycles. The number of fused-ring (bicyclic) bond motifs is 5. The average Bonchev–Trinajstić information content (AvgIpc) is 3.57. The van der Waals surface area contributed by atoms with Gasteiger partial charge in [0.05, 0.1) is 5.56 Å². The Bertz CT molecular complexity index is 1500. The molecule has 35 heavy (non-hydrogen) atoms. The van der Waals surface area contributed by atoms with Crippen molar-refractivity contribution in [3.63, 3.8) is 0 Å². The highest BCUT2D eigenvalue weighted by molar-refractivity contribution is 6.16. The lowest BCUT2D eigenvalue weighted by atomic mass is 9.81. The number of aromatic nitrogens is 2.